The van der Waals surface area contributed by atoms with Gasteiger partial charge in [0.1, 0.15) is 0 Å². The van der Waals surface area contributed by atoms with E-state index in [1.54, 1.807) is 29.8 Å². The van der Waals surface area contributed by atoms with E-state index in [9.17, 15) is 4.79 Å². The van der Waals surface area contributed by atoms with Crippen molar-refractivity contribution in [2.24, 2.45) is 0 Å². The molecule has 0 saturated carbocycles. The third-order valence-corrected chi connectivity index (χ3v) is 5.01. The largest absolute Gasteiger partial charge is 0.354 e. The van der Waals surface area contributed by atoms with Crippen molar-refractivity contribution in [3.8, 4) is 0 Å². The third-order valence-electron chi connectivity index (χ3n) is 4.01. The summed E-state index contributed by atoms with van der Waals surface area (Å²) >= 11 is 1.80. The molecule has 3 rings (SSSR count). The Hall–Kier alpha value is -1.95. The van der Waals surface area contributed by atoms with Gasteiger partial charge >= 0.3 is 0 Å². The zero-order valence-corrected chi connectivity index (χ0v) is 13.5. The second-order valence-electron chi connectivity index (χ2n) is 5.41. The van der Waals surface area contributed by atoms with Crippen LogP contribution >= 0.6 is 11.3 Å². The Labute approximate surface area is 134 Å². The topological polar surface area (TPSA) is 58.1 Å². The van der Waals surface area contributed by atoms with E-state index in [2.05, 4.69) is 33.7 Å². The van der Waals surface area contributed by atoms with E-state index in [0.717, 1.165) is 19.4 Å². The second kappa shape index (κ2) is 6.87. The Bertz CT molecular complexity index is 628. The van der Waals surface area contributed by atoms with Crippen LogP contribution in [-0.2, 0) is 11.2 Å². The summed E-state index contributed by atoms with van der Waals surface area (Å²) in [5.41, 5.74) is 1.32. The van der Waals surface area contributed by atoms with Crippen molar-refractivity contribution in [2.75, 3.05) is 18.4 Å². The van der Waals surface area contributed by atoms with E-state index in [-0.39, 0.29) is 11.9 Å². The number of amides is 1. The summed E-state index contributed by atoms with van der Waals surface area (Å²) < 4.78 is 0. The standard InChI is InChI=1S/C16H20N4OS/c1-12-13-6-11-22-14(13)5-10-20(12)15(21)4-2-7-17-16-18-8-3-9-19-16/h3,6,8-9,11-12H,2,4-5,7,10H2,1H3,(H,17,18,19)/t12-/m0/s1. The molecule has 1 aliphatic rings. The minimum Gasteiger partial charge on any atom is -0.354 e. The molecule has 1 N–H and O–H groups in total. The van der Waals surface area contributed by atoms with Gasteiger partial charge in [-0.3, -0.25) is 4.79 Å². The molecule has 0 aliphatic carbocycles. The predicted octanol–water partition coefficient (Wildman–Crippen LogP) is 2.88. The van der Waals surface area contributed by atoms with Crippen LogP contribution in [0.2, 0.25) is 0 Å². The fraction of sp³-hybridized carbons (Fsp3) is 0.438. The highest BCUT2D eigenvalue weighted by Crippen LogP contribution is 2.33. The van der Waals surface area contributed by atoms with Gasteiger partial charge in [0.25, 0.3) is 0 Å². The number of anilines is 1. The fourth-order valence-corrected chi connectivity index (χ4v) is 3.79. The molecule has 1 atom stereocenters. The summed E-state index contributed by atoms with van der Waals surface area (Å²) in [4.78, 5) is 24.1. The summed E-state index contributed by atoms with van der Waals surface area (Å²) in [6, 6.07) is 4.14. The number of aromatic nitrogens is 2. The highest BCUT2D eigenvalue weighted by atomic mass is 32.1. The molecule has 2 aromatic heterocycles. The highest BCUT2D eigenvalue weighted by molar-refractivity contribution is 7.10. The molecule has 0 saturated heterocycles. The van der Waals surface area contributed by atoms with Gasteiger partial charge in [0.05, 0.1) is 6.04 Å². The minimum atomic E-state index is 0.202. The number of thiophene rings is 1. The van der Waals surface area contributed by atoms with Crippen LogP contribution < -0.4 is 5.32 Å². The van der Waals surface area contributed by atoms with E-state index in [1.807, 2.05) is 4.90 Å². The summed E-state index contributed by atoms with van der Waals surface area (Å²) in [5, 5.41) is 5.26. The molecule has 5 nitrogen and oxygen atoms in total. The lowest BCUT2D eigenvalue weighted by atomic mass is 10.0. The first kappa shape index (κ1) is 15.0. The van der Waals surface area contributed by atoms with Gasteiger partial charge < -0.3 is 10.2 Å². The van der Waals surface area contributed by atoms with Crippen LogP contribution in [0.25, 0.3) is 0 Å². The van der Waals surface area contributed by atoms with Crippen molar-refractivity contribution in [3.05, 3.63) is 40.3 Å². The molecule has 3 heterocycles. The molecule has 22 heavy (non-hydrogen) atoms. The average Bonchev–Trinajstić information content (AvgIpc) is 3.02. The van der Waals surface area contributed by atoms with E-state index in [0.29, 0.717) is 18.9 Å². The van der Waals surface area contributed by atoms with Gasteiger partial charge in [-0.25, -0.2) is 9.97 Å². The van der Waals surface area contributed by atoms with Crippen LogP contribution in [0.5, 0.6) is 0 Å². The Morgan fingerprint density at radius 3 is 3.09 bits per heavy atom. The molecule has 1 amide bonds. The maximum absolute atomic E-state index is 12.4. The van der Waals surface area contributed by atoms with Gasteiger partial charge in [-0.15, -0.1) is 11.3 Å². The monoisotopic (exact) mass is 316 g/mol. The summed E-state index contributed by atoms with van der Waals surface area (Å²) in [6.45, 7) is 3.67. The number of fused-ring (bicyclic) bond motifs is 1. The quantitative estimate of drug-likeness (QED) is 0.862. The van der Waals surface area contributed by atoms with Crippen molar-refractivity contribution in [2.45, 2.75) is 32.2 Å². The van der Waals surface area contributed by atoms with E-state index in [1.165, 1.54) is 10.4 Å². The van der Waals surface area contributed by atoms with Crippen LogP contribution in [-0.4, -0.2) is 33.9 Å². The molecule has 0 bridgehead atoms. The van der Waals surface area contributed by atoms with Gasteiger partial charge in [-0.05, 0) is 42.8 Å². The lowest BCUT2D eigenvalue weighted by Crippen LogP contribution is -2.38. The first-order valence-electron chi connectivity index (χ1n) is 7.62. The predicted molar refractivity (Wildman–Crippen MR) is 87.9 cm³/mol. The van der Waals surface area contributed by atoms with Gasteiger partial charge in [0, 0.05) is 36.8 Å². The number of hydrogen-bond acceptors (Lipinski definition) is 5. The number of rotatable bonds is 5. The SMILES string of the molecule is C[C@H]1c2ccsc2CCN1C(=O)CCCNc1ncccn1. The van der Waals surface area contributed by atoms with Crippen LogP contribution in [0.1, 0.15) is 36.2 Å². The van der Waals surface area contributed by atoms with E-state index >= 15 is 0 Å². The molecule has 0 radical (unpaired) electrons. The number of carbonyl (C=O) groups excluding carboxylic acids is 1. The Morgan fingerprint density at radius 1 is 1.45 bits per heavy atom. The normalized spacial score (nSPS) is 17.1. The van der Waals surface area contributed by atoms with Crippen molar-refractivity contribution < 1.29 is 4.79 Å². The fourth-order valence-electron chi connectivity index (χ4n) is 2.82. The number of carbonyl (C=O) groups is 1. The first-order chi connectivity index (χ1) is 10.8. The van der Waals surface area contributed by atoms with E-state index < -0.39 is 0 Å². The van der Waals surface area contributed by atoms with Crippen molar-refractivity contribution in [1.82, 2.24) is 14.9 Å². The molecule has 0 spiro atoms. The summed E-state index contributed by atoms with van der Waals surface area (Å²) in [6.07, 6.45) is 5.74. The van der Waals surface area contributed by atoms with Crippen LogP contribution in [0, 0.1) is 0 Å². The summed E-state index contributed by atoms with van der Waals surface area (Å²) in [5.74, 6) is 0.851. The zero-order valence-electron chi connectivity index (χ0n) is 12.7. The molecule has 116 valence electrons. The van der Waals surface area contributed by atoms with Crippen LogP contribution in [0.15, 0.2) is 29.9 Å². The number of nitrogens with one attached hydrogen (secondary N) is 1. The van der Waals surface area contributed by atoms with Gasteiger partial charge in [0.2, 0.25) is 11.9 Å². The van der Waals surface area contributed by atoms with Gasteiger partial charge in [0.15, 0.2) is 0 Å². The first-order valence-corrected chi connectivity index (χ1v) is 8.50. The van der Waals surface area contributed by atoms with Crippen molar-refractivity contribution in [1.29, 1.82) is 0 Å². The maximum atomic E-state index is 12.4. The molecule has 6 heteroatoms. The third kappa shape index (κ3) is 3.27. The average molecular weight is 316 g/mol. The molecular weight excluding hydrogens is 296 g/mol. The molecule has 2 aromatic rings. The summed E-state index contributed by atoms with van der Waals surface area (Å²) in [7, 11) is 0. The molecule has 0 fully saturated rings. The lowest BCUT2D eigenvalue weighted by molar-refractivity contribution is -0.133. The molecular formula is C16H20N4OS. The molecule has 0 aromatic carbocycles. The lowest BCUT2D eigenvalue weighted by Gasteiger charge is -2.33. The van der Waals surface area contributed by atoms with Crippen LogP contribution in [0.3, 0.4) is 0 Å². The zero-order chi connectivity index (χ0) is 15.4. The number of hydrogen-bond donors (Lipinski definition) is 1. The second-order valence-corrected chi connectivity index (χ2v) is 6.42. The van der Waals surface area contributed by atoms with Crippen LogP contribution in [0.4, 0.5) is 5.95 Å². The van der Waals surface area contributed by atoms with Gasteiger partial charge in [-0.2, -0.15) is 0 Å². The molecule has 1 aliphatic heterocycles. The number of nitrogens with zero attached hydrogens (tertiary/aromatic N) is 3. The van der Waals surface area contributed by atoms with Crippen molar-refractivity contribution in [3.63, 3.8) is 0 Å². The van der Waals surface area contributed by atoms with Crippen molar-refractivity contribution >= 4 is 23.2 Å². The maximum Gasteiger partial charge on any atom is 0.223 e. The Morgan fingerprint density at radius 2 is 2.27 bits per heavy atom. The van der Waals surface area contributed by atoms with E-state index in [4.69, 9.17) is 0 Å². The minimum absolute atomic E-state index is 0.202. The Balaban J connectivity index is 1.47. The highest BCUT2D eigenvalue weighted by Gasteiger charge is 2.27. The van der Waals surface area contributed by atoms with Gasteiger partial charge in [-0.1, -0.05) is 0 Å². The molecule has 0 unspecified atom stereocenters. The Kier molecular flexibility index (Phi) is 4.68. The smallest absolute Gasteiger partial charge is 0.223 e.